The first-order valence-corrected chi connectivity index (χ1v) is 13.7. The number of hydrogen-bond acceptors (Lipinski definition) is 7. The number of carboxylic acid groups (broad SMARTS) is 1. The number of benzene rings is 1. The Bertz CT molecular complexity index is 1500. The second kappa shape index (κ2) is 14.2. The Morgan fingerprint density at radius 3 is 2.45 bits per heavy atom. The number of halogens is 3. The van der Waals surface area contributed by atoms with Gasteiger partial charge in [-0.15, -0.1) is 5.10 Å². The van der Waals surface area contributed by atoms with E-state index in [0.717, 1.165) is 28.7 Å². The molecule has 0 saturated heterocycles. The molecule has 11 nitrogen and oxygen atoms in total. The predicted molar refractivity (Wildman–Crippen MR) is 147 cm³/mol. The minimum atomic E-state index is -4.47. The van der Waals surface area contributed by atoms with Gasteiger partial charge in [0.15, 0.2) is 5.65 Å². The molecule has 4 aromatic rings. The van der Waals surface area contributed by atoms with Crippen LogP contribution in [0.5, 0.6) is 0 Å². The topological polar surface area (TPSA) is 133 Å². The third-order valence-electron chi connectivity index (χ3n) is 6.54. The van der Waals surface area contributed by atoms with Gasteiger partial charge in [-0.05, 0) is 49.1 Å². The van der Waals surface area contributed by atoms with E-state index in [1.54, 1.807) is 11.6 Å². The highest BCUT2D eigenvalue weighted by Gasteiger charge is 2.31. The second-order valence-electron chi connectivity index (χ2n) is 9.73. The number of aliphatic carboxylic acids is 1. The highest BCUT2D eigenvalue weighted by molar-refractivity contribution is 6.05. The SMILES string of the molecule is Cn1nc2c3cc(CCOCCOCCNC(=O)CCCCCC(=O)O)ccc3n(-c3ccc(C(F)(F)F)cn3)c2n1. The highest BCUT2D eigenvalue weighted by atomic mass is 19.4. The second-order valence-corrected chi connectivity index (χ2v) is 9.73. The zero-order valence-corrected chi connectivity index (χ0v) is 23.2. The standard InChI is InChI=1S/C28H33F3N6O5/c1-36-34-26-21-17-19(11-13-41-15-16-42-14-12-32-24(38)5-3-2-4-6-25(39)40)7-9-22(21)37(27(26)35-36)23-10-8-20(18-33-23)28(29,30)31/h7-10,17-18H,2-6,11-16H2,1H3,(H,32,38)(H,39,40). The Kier molecular flexibility index (Phi) is 10.5. The smallest absolute Gasteiger partial charge is 0.417 e. The molecule has 0 bridgehead atoms. The van der Waals surface area contributed by atoms with E-state index in [1.165, 1.54) is 10.9 Å². The van der Waals surface area contributed by atoms with Crippen LogP contribution in [-0.4, -0.2) is 74.5 Å². The molecular formula is C28H33F3N6O5. The summed E-state index contributed by atoms with van der Waals surface area (Å²) in [6.45, 7) is 1.99. The van der Waals surface area contributed by atoms with E-state index in [1.807, 2.05) is 18.2 Å². The summed E-state index contributed by atoms with van der Waals surface area (Å²) >= 11 is 0. The van der Waals surface area contributed by atoms with Gasteiger partial charge in [0.2, 0.25) is 5.91 Å². The lowest BCUT2D eigenvalue weighted by molar-refractivity contribution is -0.138. The lowest BCUT2D eigenvalue weighted by atomic mass is 10.1. The maximum absolute atomic E-state index is 13.0. The molecule has 2 N–H and O–H groups in total. The summed E-state index contributed by atoms with van der Waals surface area (Å²) in [4.78, 5) is 27.7. The van der Waals surface area contributed by atoms with E-state index in [2.05, 4.69) is 20.5 Å². The summed E-state index contributed by atoms with van der Waals surface area (Å²) in [5.74, 6) is -0.587. The van der Waals surface area contributed by atoms with Crippen molar-refractivity contribution in [3.63, 3.8) is 0 Å². The fourth-order valence-corrected chi connectivity index (χ4v) is 4.48. The molecule has 0 saturated carbocycles. The van der Waals surface area contributed by atoms with Crippen molar-refractivity contribution in [1.82, 2.24) is 29.9 Å². The molecule has 1 amide bonds. The monoisotopic (exact) mass is 590 g/mol. The number of amides is 1. The quantitative estimate of drug-likeness (QED) is 0.187. The molecule has 0 radical (unpaired) electrons. The lowest BCUT2D eigenvalue weighted by Crippen LogP contribution is -2.27. The third kappa shape index (κ3) is 8.26. The molecule has 42 heavy (non-hydrogen) atoms. The Labute approximate surface area is 239 Å². The van der Waals surface area contributed by atoms with Crippen molar-refractivity contribution >= 4 is 33.9 Å². The zero-order chi connectivity index (χ0) is 30.1. The summed E-state index contributed by atoms with van der Waals surface area (Å²) in [6.07, 6.45) is -0.601. The van der Waals surface area contributed by atoms with Gasteiger partial charge in [-0.1, -0.05) is 12.5 Å². The fourth-order valence-electron chi connectivity index (χ4n) is 4.48. The minimum absolute atomic E-state index is 0.0770. The van der Waals surface area contributed by atoms with E-state index in [-0.39, 0.29) is 12.3 Å². The van der Waals surface area contributed by atoms with Crippen molar-refractivity contribution < 1.29 is 37.3 Å². The van der Waals surface area contributed by atoms with Crippen LogP contribution in [0.3, 0.4) is 0 Å². The maximum atomic E-state index is 13.0. The summed E-state index contributed by atoms with van der Waals surface area (Å²) < 4.78 is 51.9. The Balaban J connectivity index is 1.21. The van der Waals surface area contributed by atoms with Crippen LogP contribution in [0.1, 0.15) is 43.2 Å². The molecule has 0 unspecified atom stereocenters. The molecule has 0 fully saturated rings. The van der Waals surface area contributed by atoms with Crippen LogP contribution in [0.25, 0.3) is 27.9 Å². The van der Waals surface area contributed by atoms with E-state index in [4.69, 9.17) is 14.6 Å². The molecule has 4 rings (SSSR count). The molecule has 3 aromatic heterocycles. The Morgan fingerprint density at radius 1 is 0.976 bits per heavy atom. The fraction of sp³-hybridized carbons (Fsp3) is 0.464. The number of nitrogens with one attached hydrogen (secondary N) is 1. The number of unbranched alkanes of at least 4 members (excludes halogenated alkanes) is 2. The first kappa shape index (κ1) is 30.9. The van der Waals surface area contributed by atoms with E-state index < -0.39 is 17.7 Å². The lowest BCUT2D eigenvalue weighted by Gasteiger charge is -2.09. The molecule has 3 heterocycles. The van der Waals surface area contributed by atoms with Crippen LogP contribution in [0.15, 0.2) is 36.5 Å². The molecule has 0 spiro atoms. The molecule has 0 aliphatic rings. The normalized spacial score (nSPS) is 11.9. The van der Waals surface area contributed by atoms with Gasteiger partial charge in [0, 0.05) is 38.0 Å². The number of carboxylic acids is 1. The number of carbonyl (C=O) groups is 2. The molecule has 0 aliphatic carbocycles. The number of nitrogens with zero attached hydrogens (tertiary/aromatic N) is 5. The van der Waals surface area contributed by atoms with Crippen molar-refractivity contribution in [2.75, 3.05) is 33.0 Å². The van der Waals surface area contributed by atoms with Gasteiger partial charge in [0.05, 0.1) is 37.5 Å². The van der Waals surface area contributed by atoms with Gasteiger partial charge in [0.1, 0.15) is 11.3 Å². The predicted octanol–water partition coefficient (Wildman–Crippen LogP) is 4.05. The first-order valence-electron chi connectivity index (χ1n) is 13.7. The van der Waals surface area contributed by atoms with Gasteiger partial charge in [-0.25, -0.2) is 4.98 Å². The summed E-state index contributed by atoms with van der Waals surface area (Å²) in [5, 5.41) is 21.0. The van der Waals surface area contributed by atoms with Crippen LogP contribution in [0, 0.1) is 0 Å². The third-order valence-corrected chi connectivity index (χ3v) is 6.54. The number of aromatic nitrogens is 5. The van der Waals surface area contributed by atoms with Gasteiger partial charge in [-0.3, -0.25) is 14.2 Å². The average molecular weight is 591 g/mol. The van der Waals surface area contributed by atoms with Crippen LogP contribution in [-0.2, 0) is 38.7 Å². The summed E-state index contributed by atoms with van der Waals surface area (Å²) in [7, 11) is 1.68. The van der Waals surface area contributed by atoms with Crippen LogP contribution in [0.2, 0.25) is 0 Å². The number of ether oxygens (including phenoxy) is 2. The van der Waals surface area contributed by atoms with Crippen LogP contribution >= 0.6 is 0 Å². The number of pyridine rings is 1. The number of alkyl halides is 3. The van der Waals surface area contributed by atoms with E-state index >= 15 is 0 Å². The molecule has 1 aromatic carbocycles. The maximum Gasteiger partial charge on any atom is 0.417 e. The number of carbonyl (C=O) groups excluding carboxylic acids is 1. The molecule has 0 aliphatic heterocycles. The van der Waals surface area contributed by atoms with Crippen molar-refractivity contribution in [2.45, 2.75) is 44.7 Å². The zero-order valence-electron chi connectivity index (χ0n) is 23.2. The van der Waals surface area contributed by atoms with Gasteiger partial charge < -0.3 is 19.9 Å². The van der Waals surface area contributed by atoms with Crippen LogP contribution < -0.4 is 5.32 Å². The largest absolute Gasteiger partial charge is 0.481 e. The summed E-state index contributed by atoms with van der Waals surface area (Å²) in [6, 6.07) is 8.10. The van der Waals surface area contributed by atoms with Crippen LogP contribution in [0.4, 0.5) is 13.2 Å². The van der Waals surface area contributed by atoms with Crippen molar-refractivity contribution in [3.05, 3.63) is 47.7 Å². The van der Waals surface area contributed by atoms with Gasteiger partial charge >= 0.3 is 12.1 Å². The number of fused-ring (bicyclic) bond motifs is 3. The Hall–Kier alpha value is -4.04. The van der Waals surface area contributed by atoms with E-state index in [9.17, 15) is 22.8 Å². The van der Waals surface area contributed by atoms with Gasteiger partial charge in [0.25, 0.3) is 0 Å². The van der Waals surface area contributed by atoms with Gasteiger partial charge in [-0.2, -0.15) is 23.1 Å². The number of aryl methyl sites for hydroxylation is 1. The van der Waals surface area contributed by atoms with Crippen molar-refractivity contribution in [1.29, 1.82) is 0 Å². The highest BCUT2D eigenvalue weighted by Crippen LogP contribution is 2.32. The average Bonchev–Trinajstić information content (AvgIpc) is 3.45. The molecule has 226 valence electrons. The van der Waals surface area contributed by atoms with Crippen molar-refractivity contribution in [2.24, 2.45) is 7.05 Å². The Morgan fingerprint density at radius 2 is 1.74 bits per heavy atom. The molecule has 0 atom stereocenters. The van der Waals surface area contributed by atoms with E-state index in [0.29, 0.717) is 82.1 Å². The number of rotatable bonds is 16. The van der Waals surface area contributed by atoms with Crippen molar-refractivity contribution in [3.8, 4) is 5.82 Å². The number of hydrogen-bond donors (Lipinski definition) is 2. The first-order chi connectivity index (χ1) is 20.1. The minimum Gasteiger partial charge on any atom is -0.481 e. The molecular weight excluding hydrogens is 557 g/mol. The summed E-state index contributed by atoms with van der Waals surface area (Å²) in [5.41, 5.74) is 2.03. The molecule has 14 heteroatoms.